The molecule has 2 aromatic rings. The summed E-state index contributed by atoms with van der Waals surface area (Å²) in [4.78, 5) is 2.09. The number of nitrogens with zero attached hydrogens (tertiary/aromatic N) is 4. The largest absolute Gasteiger partial charge is 0.399 e. The second-order valence-corrected chi connectivity index (χ2v) is 4.42. The van der Waals surface area contributed by atoms with E-state index in [0.29, 0.717) is 0 Å². The Morgan fingerprint density at radius 2 is 2.00 bits per heavy atom. The topological polar surface area (TPSA) is 60.0 Å². The van der Waals surface area contributed by atoms with Crippen LogP contribution in [0.5, 0.6) is 0 Å². The normalized spacial score (nSPS) is 10.6. The van der Waals surface area contributed by atoms with Gasteiger partial charge in [-0.05, 0) is 24.1 Å². The molecule has 0 spiro atoms. The second kappa shape index (κ2) is 5.53. The molecule has 5 nitrogen and oxygen atoms in total. The minimum atomic E-state index is 0.788. The summed E-state index contributed by atoms with van der Waals surface area (Å²) in [5, 5.41) is 8.13. The van der Waals surface area contributed by atoms with Crippen LogP contribution in [0.2, 0.25) is 0 Å². The Labute approximate surface area is 107 Å². The van der Waals surface area contributed by atoms with Crippen molar-refractivity contribution < 1.29 is 0 Å². The van der Waals surface area contributed by atoms with Crippen molar-refractivity contribution in [3.63, 3.8) is 0 Å². The van der Waals surface area contributed by atoms with Gasteiger partial charge in [-0.1, -0.05) is 19.1 Å². The van der Waals surface area contributed by atoms with Crippen molar-refractivity contribution in [2.45, 2.75) is 26.4 Å². The molecule has 1 aromatic carbocycles. The van der Waals surface area contributed by atoms with E-state index in [1.165, 1.54) is 5.56 Å². The van der Waals surface area contributed by atoms with Crippen LogP contribution in [-0.4, -0.2) is 21.8 Å². The van der Waals surface area contributed by atoms with Gasteiger partial charge in [-0.3, -0.25) is 4.57 Å². The molecule has 2 rings (SSSR count). The Bertz CT molecular complexity index is 488. The van der Waals surface area contributed by atoms with E-state index in [1.54, 1.807) is 6.33 Å². The first-order chi connectivity index (χ1) is 8.70. The van der Waals surface area contributed by atoms with Crippen molar-refractivity contribution in [3.8, 4) is 0 Å². The summed E-state index contributed by atoms with van der Waals surface area (Å²) in [6.07, 6.45) is 2.85. The lowest BCUT2D eigenvalue weighted by Gasteiger charge is -2.18. The van der Waals surface area contributed by atoms with Gasteiger partial charge in [0.15, 0.2) is 0 Å². The fraction of sp³-hybridized carbons (Fsp3) is 0.385. The average Bonchev–Trinajstić information content (AvgIpc) is 2.81. The van der Waals surface area contributed by atoms with E-state index >= 15 is 0 Å². The third-order valence-electron chi connectivity index (χ3n) is 2.80. The smallest absolute Gasteiger partial charge is 0.227 e. The van der Waals surface area contributed by atoms with E-state index in [4.69, 9.17) is 5.73 Å². The average molecular weight is 245 g/mol. The third-order valence-corrected chi connectivity index (χ3v) is 2.80. The Morgan fingerprint density at radius 1 is 1.28 bits per heavy atom. The first-order valence-corrected chi connectivity index (χ1v) is 6.14. The van der Waals surface area contributed by atoms with Gasteiger partial charge in [-0.2, -0.15) is 0 Å². The number of nitrogen functional groups attached to an aromatic ring is 1. The maximum atomic E-state index is 5.68. The predicted octanol–water partition coefficient (Wildman–Crippen LogP) is 1.91. The summed E-state index contributed by atoms with van der Waals surface area (Å²) in [6, 6.07) is 7.90. The first-order valence-electron chi connectivity index (χ1n) is 6.14. The van der Waals surface area contributed by atoms with Gasteiger partial charge in [0.05, 0.1) is 0 Å². The lowest BCUT2D eigenvalue weighted by atomic mass is 10.2. The Kier molecular flexibility index (Phi) is 3.82. The van der Waals surface area contributed by atoms with Gasteiger partial charge < -0.3 is 10.6 Å². The van der Waals surface area contributed by atoms with Gasteiger partial charge in [0.2, 0.25) is 5.95 Å². The zero-order chi connectivity index (χ0) is 13.0. The molecule has 18 heavy (non-hydrogen) atoms. The highest BCUT2D eigenvalue weighted by molar-refractivity contribution is 5.40. The van der Waals surface area contributed by atoms with Gasteiger partial charge in [0, 0.05) is 25.8 Å². The van der Waals surface area contributed by atoms with Crippen LogP contribution < -0.4 is 10.6 Å². The quantitative estimate of drug-likeness (QED) is 0.817. The summed E-state index contributed by atoms with van der Waals surface area (Å²) < 4.78 is 2.07. The number of aromatic nitrogens is 3. The van der Waals surface area contributed by atoms with Crippen LogP contribution >= 0.6 is 0 Å². The van der Waals surface area contributed by atoms with Crippen LogP contribution in [0.15, 0.2) is 30.6 Å². The molecule has 0 amide bonds. The molecule has 1 aromatic heterocycles. The summed E-state index contributed by atoms with van der Waals surface area (Å²) in [5.41, 5.74) is 7.67. The molecule has 96 valence electrons. The highest BCUT2D eigenvalue weighted by atomic mass is 15.4. The van der Waals surface area contributed by atoms with Crippen molar-refractivity contribution in [3.05, 3.63) is 36.2 Å². The number of rotatable bonds is 5. The monoisotopic (exact) mass is 245 g/mol. The molecule has 0 bridgehead atoms. The van der Waals surface area contributed by atoms with Gasteiger partial charge in [0.25, 0.3) is 0 Å². The van der Waals surface area contributed by atoms with E-state index in [2.05, 4.69) is 26.6 Å². The first kappa shape index (κ1) is 12.4. The molecule has 2 N–H and O–H groups in total. The molecule has 0 aliphatic carbocycles. The van der Waals surface area contributed by atoms with Gasteiger partial charge >= 0.3 is 0 Å². The molecular weight excluding hydrogens is 226 g/mol. The fourth-order valence-corrected chi connectivity index (χ4v) is 1.91. The summed E-state index contributed by atoms with van der Waals surface area (Å²) >= 11 is 0. The minimum absolute atomic E-state index is 0.788. The van der Waals surface area contributed by atoms with Crippen LogP contribution in [0.25, 0.3) is 0 Å². The number of nitrogens with two attached hydrogens (primary N) is 1. The van der Waals surface area contributed by atoms with Crippen molar-refractivity contribution >= 4 is 11.6 Å². The van der Waals surface area contributed by atoms with E-state index in [0.717, 1.165) is 31.1 Å². The molecule has 0 radical (unpaired) electrons. The summed E-state index contributed by atoms with van der Waals surface area (Å²) in [6.45, 7) is 3.88. The predicted molar refractivity (Wildman–Crippen MR) is 73.3 cm³/mol. The Hall–Kier alpha value is -2.04. The molecule has 0 unspecified atom stereocenters. The molecule has 0 saturated heterocycles. The summed E-state index contributed by atoms with van der Waals surface area (Å²) in [7, 11) is 2.02. The van der Waals surface area contributed by atoms with Gasteiger partial charge in [-0.25, -0.2) is 0 Å². The standard InChI is InChI=1S/C13H19N5/c1-3-8-18-10-15-16-13(18)17(2)9-11-4-6-12(14)7-5-11/h4-7,10H,3,8-9,14H2,1-2H3. The van der Waals surface area contributed by atoms with Crippen molar-refractivity contribution in [1.29, 1.82) is 0 Å². The van der Waals surface area contributed by atoms with Crippen LogP contribution in [0.3, 0.4) is 0 Å². The number of anilines is 2. The lowest BCUT2D eigenvalue weighted by Crippen LogP contribution is -2.20. The van der Waals surface area contributed by atoms with E-state index in [1.807, 2.05) is 31.3 Å². The number of aryl methyl sites for hydroxylation is 1. The highest BCUT2D eigenvalue weighted by Crippen LogP contribution is 2.14. The Morgan fingerprint density at radius 3 is 2.67 bits per heavy atom. The minimum Gasteiger partial charge on any atom is -0.399 e. The number of benzene rings is 1. The van der Waals surface area contributed by atoms with E-state index in [9.17, 15) is 0 Å². The van der Waals surface area contributed by atoms with Crippen LogP contribution in [0.1, 0.15) is 18.9 Å². The SMILES string of the molecule is CCCn1cnnc1N(C)Cc1ccc(N)cc1. The molecule has 0 atom stereocenters. The molecular formula is C13H19N5. The molecule has 1 heterocycles. The highest BCUT2D eigenvalue weighted by Gasteiger charge is 2.09. The maximum Gasteiger partial charge on any atom is 0.227 e. The Balaban J connectivity index is 2.09. The lowest BCUT2D eigenvalue weighted by molar-refractivity contribution is 0.661. The number of hydrogen-bond acceptors (Lipinski definition) is 4. The van der Waals surface area contributed by atoms with Gasteiger partial charge in [0.1, 0.15) is 6.33 Å². The van der Waals surface area contributed by atoms with E-state index in [-0.39, 0.29) is 0 Å². The maximum absolute atomic E-state index is 5.68. The molecule has 0 aliphatic heterocycles. The van der Waals surface area contributed by atoms with Crippen molar-refractivity contribution in [2.75, 3.05) is 17.7 Å². The molecule has 0 aliphatic rings. The molecule has 0 fully saturated rings. The molecule has 5 heteroatoms. The van der Waals surface area contributed by atoms with Gasteiger partial charge in [-0.15, -0.1) is 10.2 Å². The zero-order valence-corrected chi connectivity index (χ0v) is 10.9. The van der Waals surface area contributed by atoms with Crippen molar-refractivity contribution in [2.24, 2.45) is 0 Å². The third kappa shape index (κ3) is 2.80. The number of hydrogen-bond donors (Lipinski definition) is 1. The second-order valence-electron chi connectivity index (χ2n) is 4.42. The summed E-state index contributed by atoms with van der Waals surface area (Å²) in [5.74, 6) is 0.897. The van der Waals surface area contributed by atoms with E-state index < -0.39 is 0 Å². The van der Waals surface area contributed by atoms with Crippen molar-refractivity contribution in [1.82, 2.24) is 14.8 Å². The van der Waals surface area contributed by atoms with Crippen LogP contribution in [-0.2, 0) is 13.1 Å². The zero-order valence-electron chi connectivity index (χ0n) is 10.9. The van der Waals surface area contributed by atoms with Crippen LogP contribution in [0, 0.1) is 0 Å². The van der Waals surface area contributed by atoms with Crippen LogP contribution in [0.4, 0.5) is 11.6 Å². The molecule has 0 saturated carbocycles. The fourth-order valence-electron chi connectivity index (χ4n) is 1.91.